The molecule has 8 nitrogen and oxygen atoms in total. The van der Waals surface area contributed by atoms with Gasteiger partial charge >= 0.3 is 13.6 Å². The van der Waals surface area contributed by atoms with Crippen LogP contribution in [0.25, 0.3) is 10.8 Å². The van der Waals surface area contributed by atoms with Crippen LogP contribution in [0, 0.1) is 5.92 Å². The number of nitrogens with one attached hydrogen (secondary N) is 2. The second kappa shape index (κ2) is 17.0. The van der Waals surface area contributed by atoms with Gasteiger partial charge in [0.15, 0.2) is 0 Å². The number of aryl methyl sites for hydroxylation is 1. The molecule has 0 radical (unpaired) electrons. The molecule has 0 aliphatic rings. The lowest BCUT2D eigenvalue weighted by Gasteiger charge is -2.32. The molecule has 3 atom stereocenters. The van der Waals surface area contributed by atoms with Gasteiger partial charge in [0.25, 0.3) is 0 Å². The predicted octanol–water partition coefficient (Wildman–Crippen LogP) is 7.44. The van der Waals surface area contributed by atoms with E-state index in [2.05, 4.69) is 10.6 Å². The number of hydrogen-bond donors (Lipinski definition) is 2. The van der Waals surface area contributed by atoms with E-state index in [0.29, 0.717) is 19.3 Å². The van der Waals surface area contributed by atoms with Gasteiger partial charge in [0.1, 0.15) is 17.4 Å². The second-order valence-electron chi connectivity index (χ2n) is 12.7. The zero-order chi connectivity index (χ0) is 33.0. The number of fused-ring (bicyclic) bond motifs is 1. The van der Waals surface area contributed by atoms with Crippen LogP contribution in [-0.4, -0.2) is 48.6 Å². The number of carbonyl (C=O) groups is 2. The van der Waals surface area contributed by atoms with Crippen LogP contribution in [0.15, 0.2) is 72.8 Å². The summed E-state index contributed by atoms with van der Waals surface area (Å²) in [6, 6.07) is 22.1. The Bertz CT molecular complexity index is 1410. The Morgan fingerprint density at radius 2 is 1.47 bits per heavy atom. The maximum atomic E-state index is 14.1. The van der Waals surface area contributed by atoms with E-state index in [1.165, 1.54) is 0 Å². The largest absolute Gasteiger partial charge is 0.458 e. The quantitative estimate of drug-likeness (QED) is 0.117. The highest BCUT2D eigenvalue weighted by Gasteiger charge is 2.39. The maximum Gasteiger partial charge on any atom is 0.347 e. The molecule has 0 fully saturated rings. The van der Waals surface area contributed by atoms with Gasteiger partial charge in [0, 0.05) is 6.42 Å². The van der Waals surface area contributed by atoms with E-state index in [0.717, 1.165) is 21.9 Å². The lowest BCUT2D eigenvalue weighted by Crippen LogP contribution is -2.54. The monoisotopic (exact) mass is 638 g/mol. The molecule has 1 unspecified atom stereocenters. The minimum absolute atomic E-state index is 0.125. The fourth-order valence-corrected chi connectivity index (χ4v) is 7.30. The molecule has 9 heteroatoms. The lowest BCUT2D eigenvalue weighted by molar-refractivity contribution is -0.158. The summed E-state index contributed by atoms with van der Waals surface area (Å²) in [4.78, 5) is 27.7. The molecule has 45 heavy (non-hydrogen) atoms. The van der Waals surface area contributed by atoms with Gasteiger partial charge in [-0.3, -0.25) is 14.7 Å². The summed E-state index contributed by atoms with van der Waals surface area (Å²) in [7, 11) is -3.65. The molecule has 0 aliphatic heterocycles. The molecule has 0 saturated heterocycles. The first kappa shape index (κ1) is 36.4. The highest BCUT2D eigenvalue weighted by molar-refractivity contribution is 7.54. The van der Waals surface area contributed by atoms with Crippen molar-refractivity contribution in [3.05, 3.63) is 83.9 Å². The number of carbonyl (C=O) groups excluding carboxylic acids is 2. The van der Waals surface area contributed by atoms with Crippen LogP contribution in [0.3, 0.4) is 0 Å². The Kier molecular flexibility index (Phi) is 13.8. The molecule has 3 aromatic rings. The predicted molar refractivity (Wildman–Crippen MR) is 181 cm³/mol. The average Bonchev–Trinajstić information content (AvgIpc) is 2.98. The van der Waals surface area contributed by atoms with Gasteiger partial charge in [0.2, 0.25) is 5.91 Å². The zero-order valence-electron chi connectivity index (χ0n) is 27.9. The summed E-state index contributed by atoms with van der Waals surface area (Å²) in [5.41, 5.74) is 1.27. The van der Waals surface area contributed by atoms with Crippen molar-refractivity contribution in [2.75, 3.05) is 13.2 Å². The smallest absolute Gasteiger partial charge is 0.347 e. The van der Waals surface area contributed by atoms with E-state index in [-0.39, 0.29) is 31.5 Å². The second-order valence-corrected chi connectivity index (χ2v) is 14.9. The molecule has 246 valence electrons. The number of hydrogen-bond acceptors (Lipinski definition) is 7. The van der Waals surface area contributed by atoms with Crippen molar-refractivity contribution in [3.63, 3.8) is 0 Å². The summed E-state index contributed by atoms with van der Waals surface area (Å²) in [6.07, 6.45) is 1.74. The fraction of sp³-hybridized carbons (Fsp3) is 0.500. The molecule has 2 N–H and O–H groups in total. The summed E-state index contributed by atoms with van der Waals surface area (Å²) < 4.78 is 31.4. The Hall–Kier alpha value is -3.03. The molecule has 0 aromatic heterocycles. The standard InChI is InChI=1S/C36H51N2O6P/c1-8-42-45(41,43-9-2)33(23-22-27-16-11-10-12-17-27)37-31(24-26(3)4)34(39)38-32(35(40)44-36(5,6)7)25-29-20-15-19-28-18-13-14-21-30(28)29/h10-21,26,31-33,37H,8-9,22-25H2,1-7H3,(H,38,39)/t31-,32-,33?/m0/s1. The van der Waals surface area contributed by atoms with Gasteiger partial charge in [-0.2, -0.15) is 0 Å². The molecule has 1 amide bonds. The van der Waals surface area contributed by atoms with E-state index in [1.807, 2.05) is 86.6 Å². The van der Waals surface area contributed by atoms with Gasteiger partial charge in [-0.25, -0.2) is 4.79 Å². The molecule has 3 rings (SSSR count). The molecular weight excluding hydrogens is 587 g/mol. The zero-order valence-corrected chi connectivity index (χ0v) is 28.8. The van der Waals surface area contributed by atoms with E-state index >= 15 is 0 Å². The highest BCUT2D eigenvalue weighted by Crippen LogP contribution is 2.53. The molecule has 0 aliphatic carbocycles. The molecule has 3 aromatic carbocycles. The van der Waals surface area contributed by atoms with Crippen molar-refractivity contribution < 1.29 is 27.9 Å². The van der Waals surface area contributed by atoms with Crippen LogP contribution in [0.5, 0.6) is 0 Å². The van der Waals surface area contributed by atoms with Gasteiger partial charge in [-0.15, -0.1) is 0 Å². The van der Waals surface area contributed by atoms with E-state index < -0.39 is 37.0 Å². The number of benzene rings is 3. The first-order valence-electron chi connectivity index (χ1n) is 16.0. The maximum absolute atomic E-state index is 14.1. The number of rotatable bonds is 17. The average molecular weight is 639 g/mol. The molecule has 0 spiro atoms. The van der Waals surface area contributed by atoms with Crippen LogP contribution in [-0.2, 0) is 40.8 Å². The number of ether oxygens (including phenoxy) is 1. The van der Waals surface area contributed by atoms with E-state index in [4.69, 9.17) is 13.8 Å². The molecule has 0 heterocycles. The third kappa shape index (κ3) is 11.4. The third-order valence-corrected chi connectivity index (χ3v) is 9.68. The minimum atomic E-state index is -3.65. The summed E-state index contributed by atoms with van der Waals surface area (Å²) in [5, 5.41) is 8.44. The van der Waals surface area contributed by atoms with E-state index in [9.17, 15) is 14.2 Å². The molecular formula is C36H51N2O6P. The van der Waals surface area contributed by atoms with Crippen LogP contribution in [0.4, 0.5) is 0 Å². The van der Waals surface area contributed by atoms with Crippen molar-refractivity contribution in [3.8, 4) is 0 Å². The summed E-state index contributed by atoms with van der Waals surface area (Å²) in [6.45, 7) is 13.4. The Morgan fingerprint density at radius 1 is 0.844 bits per heavy atom. The van der Waals surface area contributed by atoms with E-state index in [1.54, 1.807) is 34.6 Å². The lowest BCUT2D eigenvalue weighted by atomic mass is 9.97. The van der Waals surface area contributed by atoms with Gasteiger partial charge < -0.3 is 19.1 Å². The topological polar surface area (TPSA) is 103 Å². The molecule has 0 saturated carbocycles. The van der Waals surface area contributed by atoms with Gasteiger partial charge in [0.05, 0.1) is 19.3 Å². The summed E-state index contributed by atoms with van der Waals surface area (Å²) in [5.74, 6) is -1.50. The minimum Gasteiger partial charge on any atom is -0.458 e. The van der Waals surface area contributed by atoms with Crippen LogP contribution in [0.2, 0.25) is 0 Å². The van der Waals surface area contributed by atoms with Crippen LogP contribution in [0.1, 0.15) is 72.4 Å². The fourth-order valence-electron chi connectivity index (χ4n) is 5.34. The van der Waals surface area contributed by atoms with Crippen molar-refractivity contribution >= 4 is 30.2 Å². The Labute approximate surface area is 269 Å². The first-order valence-corrected chi connectivity index (χ1v) is 17.6. The van der Waals surface area contributed by atoms with Gasteiger partial charge in [-0.05, 0) is 81.7 Å². The summed E-state index contributed by atoms with van der Waals surface area (Å²) >= 11 is 0. The van der Waals surface area contributed by atoms with Crippen molar-refractivity contribution in [2.24, 2.45) is 5.92 Å². The van der Waals surface area contributed by atoms with Gasteiger partial charge in [-0.1, -0.05) is 86.6 Å². The highest BCUT2D eigenvalue weighted by atomic mass is 31.2. The SMILES string of the molecule is CCOP(=O)(OCC)C(CCc1ccccc1)N[C@@H](CC(C)C)C(=O)N[C@@H](Cc1cccc2ccccc12)C(=O)OC(C)(C)C. The first-order chi connectivity index (χ1) is 21.3. The third-order valence-electron chi connectivity index (χ3n) is 7.28. The number of amides is 1. The van der Waals surface area contributed by atoms with Crippen molar-refractivity contribution in [2.45, 2.75) is 97.6 Å². The Balaban J connectivity index is 1.94. The van der Waals surface area contributed by atoms with Crippen LogP contribution < -0.4 is 10.6 Å². The van der Waals surface area contributed by atoms with Crippen molar-refractivity contribution in [1.29, 1.82) is 0 Å². The Morgan fingerprint density at radius 3 is 2.09 bits per heavy atom. The molecule has 0 bridgehead atoms. The normalized spacial score (nSPS) is 14.2. The van der Waals surface area contributed by atoms with Crippen LogP contribution >= 0.6 is 7.60 Å². The van der Waals surface area contributed by atoms with Crippen molar-refractivity contribution in [1.82, 2.24) is 10.6 Å². The number of esters is 1.